The summed E-state index contributed by atoms with van der Waals surface area (Å²) in [6, 6.07) is 1.32. The lowest BCUT2D eigenvalue weighted by molar-refractivity contribution is -0.380. The minimum atomic E-state index is -0.485. The maximum atomic E-state index is 12.3. The van der Waals surface area contributed by atoms with Crippen LogP contribution in [0.1, 0.15) is 31.1 Å². The molecule has 7 heteroatoms. The molecule has 1 amide bonds. The van der Waals surface area contributed by atoms with E-state index in [1.165, 1.54) is 11.4 Å². The van der Waals surface area contributed by atoms with E-state index < -0.39 is 4.92 Å². The van der Waals surface area contributed by atoms with Crippen LogP contribution < -0.4 is 5.73 Å². The van der Waals surface area contributed by atoms with Gasteiger partial charge in [-0.2, -0.15) is 0 Å². The fraction of sp³-hybridized carbons (Fsp3) is 0.583. The second-order valence-electron chi connectivity index (χ2n) is 5.12. The molecule has 0 radical (unpaired) electrons. The number of amides is 1. The summed E-state index contributed by atoms with van der Waals surface area (Å²) >= 11 is 0.966. The number of nitrogens with two attached hydrogens (primary N) is 1. The van der Waals surface area contributed by atoms with Crippen LogP contribution in [-0.4, -0.2) is 35.4 Å². The lowest BCUT2D eigenvalue weighted by atomic mass is 9.93. The summed E-state index contributed by atoms with van der Waals surface area (Å²) in [6.07, 6.45) is 0. The second-order valence-corrected chi connectivity index (χ2v) is 6.01. The van der Waals surface area contributed by atoms with Crippen LogP contribution in [0.3, 0.4) is 0 Å². The first-order valence-electron chi connectivity index (χ1n) is 6.03. The number of nitro groups is 1. The van der Waals surface area contributed by atoms with Gasteiger partial charge in [-0.15, -0.1) is 0 Å². The van der Waals surface area contributed by atoms with Gasteiger partial charge >= 0.3 is 5.00 Å². The Kier molecular flexibility index (Phi) is 5.02. The first-order valence-corrected chi connectivity index (χ1v) is 6.91. The van der Waals surface area contributed by atoms with Crippen molar-refractivity contribution in [1.82, 2.24) is 4.90 Å². The fourth-order valence-electron chi connectivity index (χ4n) is 1.62. The third-order valence-corrected chi connectivity index (χ3v) is 3.73. The average Bonchev–Trinajstić information content (AvgIpc) is 2.85. The normalized spacial score (nSPS) is 11.4. The van der Waals surface area contributed by atoms with Gasteiger partial charge in [-0.05, 0) is 18.9 Å². The van der Waals surface area contributed by atoms with Crippen LogP contribution in [0.2, 0.25) is 0 Å². The van der Waals surface area contributed by atoms with Crippen LogP contribution in [0.5, 0.6) is 0 Å². The highest BCUT2D eigenvalue weighted by atomic mass is 32.1. The molecule has 0 aromatic carbocycles. The molecule has 0 bridgehead atoms. The Morgan fingerprint density at radius 2 is 2.21 bits per heavy atom. The van der Waals surface area contributed by atoms with E-state index >= 15 is 0 Å². The van der Waals surface area contributed by atoms with E-state index in [1.54, 1.807) is 4.90 Å². The Labute approximate surface area is 116 Å². The summed E-state index contributed by atoms with van der Waals surface area (Å²) in [4.78, 5) is 24.1. The Bertz CT molecular complexity index is 471. The maximum absolute atomic E-state index is 12.3. The molecular formula is C12H19N3O3S. The van der Waals surface area contributed by atoms with Crippen molar-refractivity contribution in [2.75, 3.05) is 19.6 Å². The second kappa shape index (κ2) is 6.12. The van der Waals surface area contributed by atoms with E-state index in [4.69, 9.17) is 5.73 Å². The highest BCUT2D eigenvalue weighted by molar-refractivity contribution is 7.13. The molecule has 2 N–H and O–H groups in total. The number of carbonyl (C=O) groups excluding carboxylic acids is 1. The minimum Gasteiger partial charge on any atom is -0.338 e. The topological polar surface area (TPSA) is 89.5 Å². The van der Waals surface area contributed by atoms with Crippen LogP contribution in [0.15, 0.2) is 11.4 Å². The van der Waals surface area contributed by atoms with Crippen LogP contribution >= 0.6 is 11.3 Å². The monoisotopic (exact) mass is 285 g/mol. The van der Waals surface area contributed by atoms with Crippen molar-refractivity contribution in [3.05, 3.63) is 27.1 Å². The maximum Gasteiger partial charge on any atom is 0.324 e. The molecular weight excluding hydrogens is 266 g/mol. The summed E-state index contributed by atoms with van der Waals surface area (Å²) in [5, 5.41) is 12.1. The van der Waals surface area contributed by atoms with Crippen molar-refractivity contribution in [3.8, 4) is 0 Å². The Balaban J connectivity index is 2.86. The van der Waals surface area contributed by atoms with E-state index in [0.717, 1.165) is 11.3 Å². The van der Waals surface area contributed by atoms with E-state index in [1.807, 2.05) is 20.8 Å². The molecule has 6 nitrogen and oxygen atoms in total. The molecule has 0 aliphatic rings. The summed E-state index contributed by atoms with van der Waals surface area (Å²) in [7, 11) is 0. The van der Waals surface area contributed by atoms with Gasteiger partial charge in [0.15, 0.2) is 0 Å². The summed E-state index contributed by atoms with van der Waals surface area (Å²) < 4.78 is 0. The van der Waals surface area contributed by atoms with Gasteiger partial charge in [-0.25, -0.2) is 0 Å². The van der Waals surface area contributed by atoms with Crippen molar-refractivity contribution in [2.24, 2.45) is 11.1 Å². The number of carbonyl (C=O) groups is 1. The average molecular weight is 285 g/mol. The zero-order valence-corrected chi connectivity index (χ0v) is 12.2. The number of rotatable bonds is 6. The van der Waals surface area contributed by atoms with Gasteiger partial charge in [0.25, 0.3) is 5.91 Å². The SMILES string of the molecule is CCN(CC(C)(C)CN)C(=O)c1csc([N+](=O)[O-])c1. The molecule has 0 saturated heterocycles. The third kappa shape index (κ3) is 4.00. The van der Waals surface area contributed by atoms with E-state index in [9.17, 15) is 14.9 Å². The summed E-state index contributed by atoms with van der Waals surface area (Å²) in [5.41, 5.74) is 5.86. The van der Waals surface area contributed by atoms with Crippen LogP contribution in [0, 0.1) is 15.5 Å². The molecule has 19 heavy (non-hydrogen) atoms. The fourth-order valence-corrected chi connectivity index (χ4v) is 2.32. The van der Waals surface area contributed by atoms with Gasteiger partial charge in [0, 0.05) is 24.5 Å². The molecule has 1 aromatic rings. The van der Waals surface area contributed by atoms with Crippen molar-refractivity contribution in [2.45, 2.75) is 20.8 Å². The van der Waals surface area contributed by atoms with Gasteiger partial charge in [0.1, 0.15) is 0 Å². The largest absolute Gasteiger partial charge is 0.338 e. The molecule has 1 aromatic heterocycles. The summed E-state index contributed by atoms with van der Waals surface area (Å²) in [5.74, 6) is -0.187. The van der Waals surface area contributed by atoms with E-state index in [2.05, 4.69) is 0 Å². The summed E-state index contributed by atoms with van der Waals surface area (Å²) in [6.45, 7) is 7.40. The first-order chi connectivity index (χ1) is 8.80. The van der Waals surface area contributed by atoms with Gasteiger partial charge in [0.05, 0.1) is 10.5 Å². The zero-order chi connectivity index (χ0) is 14.6. The standard InChI is InChI=1S/C12H19N3O3S/c1-4-14(8-12(2,3)7-13)11(16)9-5-10(15(17)18)19-6-9/h5-6H,4,7-8,13H2,1-3H3. The van der Waals surface area contributed by atoms with Gasteiger partial charge in [-0.1, -0.05) is 25.2 Å². The third-order valence-electron chi connectivity index (χ3n) is 2.85. The molecule has 0 aliphatic heterocycles. The highest BCUT2D eigenvalue weighted by Gasteiger charge is 2.25. The van der Waals surface area contributed by atoms with Crippen molar-refractivity contribution >= 4 is 22.2 Å². The number of nitrogens with zero attached hydrogens (tertiary/aromatic N) is 2. The molecule has 0 saturated carbocycles. The molecule has 0 spiro atoms. The predicted octanol–water partition coefficient (Wildman–Crippen LogP) is 2.10. The molecule has 1 heterocycles. The van der Waals surface area contributed by atoms with Crippen LogP contribution in [-0.2, 0) is 0 Å². The van der Waals surface area contributed by atoms with Crippen LogP contribution in [0.4, 0.5) is 5.00 Å². The van der Waals surface area contributed by atoms with Crippen molar-refractivity contribution in [1.29, 1.82) is 0 Å². The lowest BCUT2D eigenvalue weighted by Gasteiger charge is -2.30. The molecule has 0 aliphatic carbocycles. The quantitative estimate of drug-likeness (QED) is 0.640. The van der Waals surface area contributed by atoms with E-state index in [-0.39, 0.29) is 16.3 Å². The minimum absolute atomic E-state index is 0.0162. The number of thiophene rings is 1. The Morgan fingerprint density at radius 1 is 1.58 bits per heavy atom. The van der Waals surface area contributed by atoms with E-state index in [0.29, 0.717) is 25.2 Å². The number of hydrogen-bond acceptors (Lipinski definition) is 5. The Morgan fingerprint density at radius 3 is 2.63 bits per heavy atom. The molecule has 106 valence electrons. The lowest BCUT2D eigenvalue weighted by Crippen LogP contribution is -2.41. The highest BCUT2D eigenvalue weighted by Crippen LogP contribution is 2.24. The van der Waals surface area contributed by atoms with Crippen molar-refractivity contribution in [3.63, 3.8) is 0 Å². The molecule has 1 rings (SSSR count). The van der Waals surface area contributed by atoms with Gasteiger partial charge in [-0.3, -0.25) is 14.9 Å². The molecule has 0 unspecified atom stereocenters. The Hall–Kier alpha value is -1.47. The zero-order valence-electron chi connectivity index (χ0n) is 11.4. The first kappa shape index (κ1) is 15.6. The molecule has 0 atom stereocenters. The molecule has 0 fully saturated rings. The predicted molar refractivity (Wildman–Crippen MR) is 75.4 cm³/mol. The smallest absolute Gasteiger partial charge is 0.324 e. The van der Waals surface area contributed by atoms with Crippen LogP contribution in [0.25, 0.3) is 0 Å². The van der Waals surface area contributed by atoms with Gasteiger partial charge < -0.3 is 10.6 Å². The number of hydrogen-bond donors (Lipinski definition) is 1. The van der Waals surface area contributed by atoms with Crippen molar-refractivity contribution < 1.29 is 9.72 Å². The van der Waals surface area contributed by atoms with Gasteiger partial charge in [0.2, 0.25) is 0 Å².